The van der Waals surface area contributed by atoms with Gasteiger partial charge < -0.3 is 25.0 Å². The van der Waals surface area contributed by atoms with E-state index in [4.69, 9.17) is 4.74 Å². The molecule has 2 aromatic carbocycles. The lowest BCUT2D eigenvalue weighted by atomic mass is 9.98. The first-order chi connectivity index (χ1) is 14.3. The molecule has 0 atom stereocenters. The molecule has 0 saturated heterocycles. The molecular weight excluding hydrogens is 384 g/mol. The van der Waals surface area contributed by atoms with E-state index in [1.165, 1.54) is 10.6 Å². The van der Waals surface area contributed by atoms with Gasteiger partial charge in [0.25, 0.3) is 0 Å². The molecule has 0 unspecified atom stereocenters. The van der Waals surface area contributed by atoms with Gasteiger partial charge in [-0.05, 0) is 42.2 Å². The molecular formula is C22H28N4O4. The molecule has 160 valence electrons. The second-order valence-electron chi connectivity index (χ2n) is 7.52. The van der Waals surface area contributed by atoms with Crippen molar-refractivity contribution in [3.63, 3.8) is 0 Å². The molecule has 0 bridgehead atoms. The van der Waals surface area contributed by atoms with Crippen molar-refractivity contribution >= 4 is 5.69 Å². The number of anilines is 1. The van der Waals surface area contributed by atoms with Gasteiger partial charge in [0.1, 0.15) is 17.2 Å². The van der Waals surface area contributed by atoms with Gasteiger partial charge >= 0.3 is 6.01 Å². The van der Waals surface area contributed by atoms with Crippen LogP contribution in [-0.2, 0) is 0 Å². The molecule has 0 spiro atoms. The van der Waals surface area contributed by atoms with E-state index in [9.17, 15) is 15.3 Å². The predicted octanol–water partition coefficient (Wildman–Crippen LogP) is 4.03. The smallest absolute Gasteiger partial charge is 0.319 e. The predicted molar refractivity (Wildman–Crippen MR) is 116 cm³/mol. The van der Waals surface area contributed by atoms with Crippen LogP contribution in [0.2, 0.25) is 0 Å². The van der Waals surface area contributed by atoms with Crippen molar-refractivity contribution in [3.8, 4) is 40.3 Å². The van der Waals surface area contributed by atoms with Crippen LogP contribution in [0.3, 0.4) is 0 Å². The van der Waals surface area contributed by atoms with Gasteiger partial charge in [-0.1, -0.05) is 25.9 Å². The average molecular weight is 412 g/mol. The number of phenolic OH excluding ortho intramolecular Hbond substituents is 2. The van der Waals surface area contributed by atoms with Crippen molar-refractivity contribution in [1.29, 1.82) is 0 Å². The lowest BCUT2D eigenvalue weighted by molar-refractivity contribution is 0.413. The molecule has 1 aromatic heterocycles. The number of aromatic hydroxyl groups is 3. The lowest BCUT2D eigenvalue weighted by Gasteiger charge is -2.22. The minimum absolute atomic E-state index is 0.00876. The SMILES string of the molecule is CCCN(C)c1cc(-n2c(O)nnc2-c2cc(C(C)C)c(O)cc2O)ccc1OC. The maximum atomic E-state index is 10.5. The lowest BCUT2D eigenvalue weighted by Crippen LogP contribution is -2.18. The highest BCUT2D eigenvalue weighted by Crippen LogP contribution is 2.39. The average Bonchev–Trinajstić information content (AvgIpc) is 3.08. The largest absolute Gasteiger partial charge is 0.508 e. The summed E-state index contributed by atoms with van der Waals surface area (Å²) in [5, 5.41) is 39.0. The molecule has 8 nitrogen and oxygen atoms in total. The van der Waals surface area contributed by atoms with Gasteiger partial charge in [0, 0.05) is 19.7 Å². The molecule has 0 radical (unpaired) electrons. The molecule has 1 heterocycles. The third-order valence-electron chi connectivity index (χ3n) is 5.04. The Bertz CT molecular complexity index is 1050. The second-order valence-corrected chi connectivity index (χ2v) is 7.52. The van der Waals surface area contributed by atoms with Gasteiger partial charge in [-0.15, -0.1) is 5.10 Å². The molecule has 0 saturated carbocycles. The summed E-state index contributed by atoms with van der Waals surface area (Å²) >= 11 is 0. The van der Waals surface area contributed by atoms with Crippen LogP contribution in [0.25, 0.3) is 17.1 Å². The summed E-state index contributed by atoms with van der Waals surface area (Å²) in [6.07, 6.45) is 0.965. The van der Waals surface area contributed by atoms with Crippen LogP contribution in [0, 0.1) is 0 Å². The summed E-state index contributed by atoms with van der Waals surface area (Å²) in [6, 6.07) is 8.13. The van der Waals surface area contributed by atoms with E-state index in [0.29, 0.717) is 22.6 Å². The topological polar surface area (TPSA) is 104 Å². The molecule has 3 aromatic rings. The number of phenols is 2. The van der Waals surface area contributed by atoms with Crippen molar-refractivity contribution in [2.45, 2.75) is 33.1 Å². The molecule has 0 amide bonds. The number of methoxy groups -OCH3 is 1. The zero-order valence-corrected chi connectivity index (χ0v) is 17.9. The fourth-order valence-electron chi connectivity index (χ4n) is 3.50. The number of rotatable bonds is 7. The van der Waals surface area contributed by atoms with Gasteiger partial charge in [-0.3, -0.25) is 0 Å². The minimum atomic E-state index is -0.308. The fraction of sp³-hybridized carbons (Fsp3) is 0.364. The van der Waals surface area contributed by atoms with Crippen molar-refractivity contribution in [3.05, 3.63) is 35.9 Å². The normalized spacial score (nSPS) is 11.1. The Hall–Kier alpha value is -3.42. The van der Waals surface area contributed by atoms with Crippen LogP contribution in [0.4, 0.5) is 5.69 Å². The van der Waals surface area contributed by atoms with E-state index in [1.54, 1.807) is 19.2 Å². The molecule has 0 fully saturated rings. The zero-order valence-electron chi connectivity index (χ0n) is 17.9. The molecule has 0 aliphatic rings. The Balaban J connectivity index is 2.19. The Morgan fingerprint density at radius 3 is 2.43 bits per heavy atom. The van der Waals surface area contributed by atoms with Gasteiger partial charge in [0.15, 0.2) is 5.82 Å². The summed E-state index contributed by atoms with van der Waals surface area (Å²) in [7, 11) is 3.58. The molecule has 0 aliphatic heterocycles. The van der Waals surface area contributed by atoms with E-state index in [-0.39, 0.29) is 29.3 Å². The van der Waals surface area contributed by atoms with Crippen LogP contribution in [-0.4, -0.2) is 50.8 Å². The third kappa shape index (κ3) is 3.85. The Labute approximate surface area is 176 Å². The van der Waals surface area contributed by atoms with E-state index in [2.05, 4.69) is 22.0 Å². The second kappa shape index (κ2) is 8.52. The van der Waals surface area contributed by atoms with E-state index in [1.807, 2.05) is 33.0 Å². The number of hydrogen-bond acceptors (Lipinski definition) is 7. The van der Waals surface area contributed by atoms with Crippen LogP contribution in [0.15, 0.2) is 30.3 Å². The highest BCUT2D eigenvalue weighted by molar-refractivity contribution is 5.71. The van der Waals surface area contributed by atoms with E-state index >= 15 is 0 Å². The van der Waals surface area contributed by atoms with Crippen LogP contribution >= 0.6 is 0 Å². The Kier molecular flexibility index (Phi) is 6.05. The third-order valence-corrected chi connectivity index (χ3v) is 5.04. The van der Waals surface area contributed by atoms with Gasteiger partial charge in [0.05, 0.1) is 24.0 Å². The Morgan fingerprint density at radius 1 is 1.07 bits per heavy atom. The summed E-state index contributed by atoms with van der Waals surface area (Å²) in [4.78, 5) is 2.07. The van der Waals surface area contributed by atoms with Crippen LogP contribution in [0.1, 0.15) is 38.7 Å². The monoisotopic (exact) mass is 412 g/mol. The van der Waals surface area contributed by atoms with Crippen molar-refractivity contribution in [2.75, 3.05) is 25.6 Å². The number of ether oxygens (including phenoxy) is 1. The summed E-state index contributed by atoms with van der Waals surface area (Å²) in [5.74, 6) is 0.862. The fourth-order valence-corrected chi connectivity index (χ4v) is 3.50. The first-order valence-corrected chi connectivity index (χ1v) is 9.88. The number of hydrogen-bond donors (Lipinski definition) is 3. The molecule has 3 N–H and O–H groups in total. The zero-order chi connectivity index (χ0) is 22.0. The number of aromatic nitrogens is 3. The Morgan fingerprint density at radius 2 is 1.80 bits per heavy atom. The highest BCUT2D eigenvalue weighted by Gasteiger charge is 2.22. The van der Waals surface area contributed by atoms with Crippen molar-refractivity contribution in [2.24, 2.45) is 0 Å². The highest BCUT2D eigenvalue weighted by atomic mass is 16.5. The van der Waals surface area contributed by atoms with Crippen molar-refractivity contribution in [1.82, 2.24) is 14.8 Å². The van der Waals surface area contributed by atoms with Gasteiger partial charge in [0.2, 0.25) is 0 Å². The molecule has 8 heteroatoms. The number of nitrogens with zero attached hydrogens (tertiary/aromatic N) is 4. The van der Waals surface area contributed by atoms with Gasteiger partial charge in [-0.2, -0.15) is 0 Å². The first kappa shape index (κ1) is 21.3. The van der Waals surface area contributed by atoms with Crippen LogP contribution in [0.5, 0.6) is 23.3 Å². The first-order valence-electron chi connectivity index (χ1n) is 9.88. The molecule has 0 aliphatic carbocycles. The molecule has 3 rings (SSSR count). The summed E-state index contributed by atoms with van der Waals surface area (Å²) in [6.45, 7) is 6.81. The quantitative estimate of drug-likeness (QED) is 0.538. The van der Waals surface area contributed by atoms with E-state index < -0.39 is 0 Å². The van der Waals surface area contributed by atoms with Gasteiger partial charge in [-0.25, -0.2) is 4.57 Å². The van der Waals surface area contributed by atoms with Crippen LogP contribution < -0.4 is 9.64 Å². The standard InChI is InChI=1S/C22H28N4O4/c1-6-9-25(4)17-10-14(7-8-20(17)30-5)26-21(23-24-22(26)29)16-11-15(13(2)3)18(27)12-19(16)28/h7-8,10-13,27-28H,6,9H2,1-5H3,(H,24,29). The van der Waals surface area contributed by atoms with E-state index in [0.717, 1.165) is 18.7 Å². The maximum absolute atomic E-state index is 10.5. The summed E-state index contributed by atoms with van der Waals surface area (Å²) in [5.41, 5.74) is 2.50. The van der Waals surface area contributed by atoms with Crippen molar-refractivity contribution < 1.29 is 20.1 Å². The maximum Gasteiger partial charge on any atom is 0.319 e. The minimum Gasteiger partial charge on any atom is -0.508 e. The number of benzene rings is 2. The molecule has 30 heavy (non-hydrogen) atoms. The summed E-state index contributed by atoms with van der Waals surface area (Å²) < 4.78 is 6.95.